The minimum Gasteiger partial charge on any atom is -0.444 e. The van der Waals surface area contributed by atoms with Gasteiger partial charge in [-0.2, -0.15) is 0 Å². The van der Waals surface area contributed by atoms with Crippen molar-refractivity contribution in [1.82, 2.24) is 24.8 Å². The number of anilines is 3. The van der Waals surface area contributed by atoms with E-state index in [9.17, 15) is 4.79 Å². The zero-order chi connectivity index (χ0) is 24.4. The summed E-state index contributed by atoms with van der Waals surface area (Å²) in [7, 11) is 0. The Balaban J connectivity index is 1.29. The molecule has 11 heteroatoms. The molecule has 0 aromatic carbocycles. The summed E-state index contributed by atoms with van der Waals surface area (Å²) in [6.07, 6.45) is 1.49. The summed E-state index contributed by atoms with van der Waals surface area (Å²) in [6.45, 7) is 10.9. The van der Waals surface area contributed by atoms with Gasteiger partial charge >= 0.3 is 6.09 Å². The Hall–Kier alpha value is -3.02. The Kier molecular flexibility index (Phi) is 6.72. The van der Waals surface area contributed by atoms with Crippen LogP contribution in [0.5, 0.6) is 0 Å². The van der Waals surface area contributed by atoms with E-state index in [0.29, 0.717) is 13.1 Å². The first-order valence-electron chi connectivity index (χ1n) is 11.8. The van der Waals surface area contributed by atoms with E-state index in [-0.39, 0.29) is 12.1 Å². The van der Waals surface area contributed by atoms with Crippen LogP contribution in [0.1, 0.15) is 26.3 Å². The number of carbonyl (C=O) groups excluding carboxylic acids is 1. The molecular formula is C24H31N7O3S. The van der Waals surface area contributed by atoms with Crippen LogP contribution in [0, 0.1) is 0 Å². The SMILES string of the molecule is CC(C)(C)OC(=O)N1CC(Nc2cc(CN3CCOCC3)cc(Nc3nc4cccnc4s3)n2)C1. The van der Waals surface area contributed by atoms with E-state index in [1.807, 2.05) is 32.9 Å². The minimum absolute atomic E-state index is 0.119. The highest BCUT2D eigenvalue weighted by molar-refractivity contribution is 7.21. The van der Waals surface area contributed by atoms with E-state index < -0.39 is 5.60 Å². The molecule has 3 aromatic heterocycles. The maximum atomic E-state index is 12.3. The number of carbonyl (C=O) groups is 1. The topological polar surface area (TPSA) is 105 Å². The van der Waals surface area contributed by atoms with Crippen LogP contribution in [0.15, 0.2) is 30.5 Å². The van der Waals surface area contributed by atoms with Crippen molar-refractivity contribution in [1.29, 1.82) is 0 Å². The van der Waals surface area contributed by atoms with Gasteiger partial charge in [0.25, 0.3) is 0 Å². The Morgan fingerprint density at radius 3 is 2.71 bits per heavy atom. The van der Waals surface area contributed by atoms with E-state index in [2.05, 4.69) is 37.6 Å². The van der Waals surface area contributed by atoms with E-state index in [4.69, 9.17) is 14.5 Å². The highest BCUT2D eigenvalue weighted by Gasteiger charge is 2.34. The van der Waals surface area contributed by atoms with Crippen molar-refractivity contribution in [2.45, 2.75) is 39.0 Å². The third-order valence-electron chi connectivity index (χ3n) is 5.68. The lowest BCUT2D eigenvalue weighted by Gasteiger charge is -2.40. The Labute approximate surface area is 208 Å². The molecule has 5 heterocycles. The molecule has 2 aliphatic heterocycles. The van der Waals surface area contributed by atoms with Crippen molar-refractivity contribution < 1.29 is 14.3 Å². The zero-order valence-electron chi connectivity index (χ0n) is 20.3. The van der Waals surface area contributed by atoms with Crippen LogP contribution in [0.2, 0.25) is 0 Å². The first-order chi connectivity index (χ1) is 16.8. The second kappa shape index (κ2) is 9.92. The second-order valence-corrected chi connectivity index (χ2v) is 10.8. The van der Waals surface area contributed by atoms with Gasteiger partial charge in [-0.15, -0.1) is 0 Å². The largest absolute Gasteiger partial charge is 0.444 e. The van der Waals surface area contributed by atoms with Gasteiger partial charge < -0.3 is 25.0 Å². The molecule has 1 amide bonds. The number of amides is 1. The monoisotopic (exact) mass is 497 g/mol. The van der Waals surface area contributed by atoms with E-state index >= 15 is 0 Å². The number of hydrogen-bond donors (Lipinski definition) is 2. The maximum absolute atomic E-state index is 12.3. The van der Waals surface area contributed by atoms with E-state index in [1.165, 1.54) is 11.3 Å². The third-order valence-corrected chi connectivity index (χ3v) is 6.58. The molecule has 3 aromatic rings. The van der Waals surface area contributed by atoms with Crippen LogP contribution in [0.3, 0.4) is 0 Å². The van der Waals surface area contributed by atoms with Crippen molar-refractivity contribution in [2.75, 3.05) is 50.0 Å². The van der Waals surface area contributed by atoms with Gasteiger partial charge in [0, 0.05) is 38.9 Å². The van der Waals surface area contributed by atoms with Crippen molar-refractivity contribution in [2.24, 2.45) is 0 Å². The average Bonchev–Trinajstić information content (AvgIpc) is 3.17. The summed E-state index contributed by atoms with van der Waals surface area (Å²) < 4.78 is 11.0. The number of pyridine rings is 2. The number of nitrogens with zero attached hydrogens (tertiary/aromatic N) is 5. The fourth-order valence-corrected chi connectivity index (χ4v) is 4.84. The molecule has 0 saturated carbocycles. The van der Waals surface area contributed by atoms with Crippen molar-refractivity contribution >= 4 is 44.5 Å². The van der Waals surface area contributed by atoms with Crippen LogP contribution in [-0.2, 0) is 16.0 Å². The molecule has 0 atom stereocenters. The number of fused-ring (bicyclic) bond motifs is 1. The van der Waals surface area contributed by atoms with Crippen LogP contribution in [-0.4, -0.2) is 81.9 Å². The molecule has 186 valence electrons. The second-order valence-electron chi connectivity index (χ2n) is 9.83. The van der Waals surface area contributed by atoms with Gasteiger partial charge in [0.05, 0.1) is 19.3 Å². The number of aromatic nitrogens is 3. The Morgan fingerprint density at radius 2 is 1.97 bits per heavy atom. The quantitative estimate of drug-likeness (QED) is 0.527. The summed E-state index contributed by atoms with van der Waals surface area (Å²) in [5.74, 6) is 1.49. The highest BCUT2D eigenvalue weighted by Crippen LogP contribution is 2.28. The Morgan fingerprint density at radius 1 is 1.20 bits per heavy atom. The molecule has 0 radical (unpaired) electrons. The molecule has 0 bridgehead atoms. The number of morpholine rings is 1. The average molecular weight is 498 g/mol. The number of ether oxygens (including phenoxy) is 2. The summed E-state index contributed by atoms with van der Waals surface area (Å²) in [6, 6.07) is 8.10. The van der Waals surface area contributed by atoms with Crippen molar-refractivity contribution in [3.63, 3.8) is 0 Å². The van der Waals surface area contributed by atoms with Gasteiger partial charge in [-0.1, -0.05) is 11.3 Å². The van der Waals surface area contributed by atoms with Crippen LogP contribution in [0.25, 0.3) is 10.3 Å². The molecule has 2 N–H and O–H groups in total. The number of likely N-dealkylation sites (tertiary alicyclic amines) is 1. The predicted octanol–water partition coefficient (Wildman–Crippen LogP) is 3.69. The lowest BCUT2D eigenvalue weighted by atomic mass is 10.1. The first-order valence-corrected chi connectivity index (χ1v) is 12.7. The number of rotatable bonds is 6. The van der Waals surface area contributed by atoms with Gasteiger partial charge in [-0.25, -0.2) is 19.7 Å². The zero-order valence-corrected chi connectivity index (χ0v) is 21.1. The lowest BCUT2D eigenvalue weighted by molar-refractivity contribution is 0.0104. The van der Waals surface area contributed by atoms with Crippen LogP contribution >= 0.6 is 11.3 Å². The molecule has 0 aliphatic carbocycles. The van der Waals surface area contributed by atoms with Crippen LogP contribution < -0.4 is 10.6 Å². The first kappa shape index (κ1) is 23.7. The van der Waals surface area contributed by atoms with E-state index in [0.717, 1.165) is 65.5 Å². The lowest BCUT2D eigenvalue weighted by Crippen LogP contribution is -2.58. The third kappa shape index (κ3) is 6.16. The smallest absolute Gasteiger partial charge is 0.410 e. The van der Waals surface area contributed by atoms with Gasteiger partial charge in [0.1, 0.15) is 27.6 Å². The number of nitrogens with one attached hydrogen (secondary N) is 2. The molecular weight excluding hydrogens is 466 g/mol. The molecule has 0 spiro atoms. The van der Waals surface area contributed by atoms with Crippen LogP contribution in [0.4, 0.5) is 21.6 Å². The summed E-state index contributed by atoms with van der Waals surface area (Å²) in [5, 5.41) is 7.60. The molecule has 5 rings (SSSR count). The highest BCUT2D eigenvalue weighted by atomic mass is 32.1. The Bertz CT molecular complexity index is 1150. The summed E-state index contributed by atoms with van der Waals surface area (Å²) in [5.41, 5.74) is 1.51. The molecule has 2 fully saturated rings. The molecule has 35 heavy (non-hydrogen) atoms. The molecule has 0 unspecified atom stereocenters. The fourth-order valence-electron chi connectivity index (χ4n) is 4.02. The maximum Gasteiger partial charge on any atom is 0.410 e. The normalized spacial score (nSPS) is 17.3. The summed E-state index contributed by atoms with van der Waals surface area (Å²) >= 11 is 1.50. The summed E-state index contributed by atoms with van der Waals surface area (Å²) in [4.78, 5) is 31.0. The van der Waals surface area contributed by atoms with Gasteiger partial charge in [-0.3, -0.25) is 4.90 Å². The van der Waals surface area contributed by atoms with Gasteiger partial charge in [0.15, 0.2) is 5.13 Å². The number of thiazole rings is 1. The minimum atomic E-state index is -0.498. The molecule has 10 nitrogen and oxygen atoms in total. The standard InChI is InChI=1S/C24H31N7O3S/c1-24(2,3)34-23(32)31-14-17(15-31)26-19-11-16(13-30-7-9-33-10-8-30)12-20(28-19)29-22-27-18-5-4-6-25-21(18)35-22/h4-6,11-12,17H,7-10,13-15H2,1-3H3,(H2,26,27,28,29). The van der Waals surface area contributed by atoms with E-state index in [1.54, 1.807) is 11.1 Å². The molecule has 2 saturated heterocycles. The predicted molar refractivity (Wildman–Crippen MR) is 136 cm³/mol. The van der Waals surface area contributed by atoms with Gasteiger partial charge in [0.2, 0.25) is 0 Å². The number of hydrogen-bond acceptors (Lipinski definition) is 10. The van der Waals surface area contributed by atoms with Crippen molar-refractivity contribution in [3.8, 4) is 0 Å². The fraction of sp³-hybridized carbons (Fsp3) is 0.500. The van der Waals surface area contributed by atoms with Crippen molar-refractivity contribution in [3.05, 3.63) is 36.0 Å². The molecule has 2 aliphatic rings. The van der Waals surface area contributed by atoms with Gasteiger partial charge in [-0.05, 0) is 50.6 Å².